The smallest absolute Gasteiger partial charge is 0.262 e. The molecule has 0 bridgehead atoms. The predicted molar refractivity (Wildman–Crippen MR) is 87.5 cm³/mol. The highest BCUT2D eigenvalue weighted by molar-refractivity contribution is 6.28. The van der Waals surface area contributed by atoms with Crippen LogP contribution in [-0.2, 0) is 9.59 Å². The summed E-state index contributed by atoms with van der Waals surface area (Å²) in [6.45, 7) is 3.58. The molecule has 1 aromatic carbocycles. The first-order chi connectivity index (χ1) is 11.3. The van der Waals surface area contributed by atoms with Gasteiger partial charge in [0.05, 0.1) is 27.9 Å². The number of carbonyl (C=O) groups excluding carboxylic acids is 2. The molecule has 7 heteroatoms. The number of hydrogen-bond acceptors (Lipinski definition) is 6. The molecule has 1 saturated heterocycles. The number of ketones is 1. The molecular weight excluding hydrogens is 314 g/mol. The molecule has 0 atom stereocenters. The van der Waals surface area contributed by atoms with E-state index in [9.17, 15) is 14.7 Å². The zero-order chi connectivity index (χ0) is 18.0. The Morgan fingerprint density at radius 2 is 1.62 bits per heavy atom. The number of aliphatic hydroxyl groups is 1. The molecule has 1 fully saturated rings. The Labute approximate surface area is 140 Å². The summed E-state index contributed by atoms with van der Waals surface area (Å²) in [5.74, 6) is -0.307. The molecule has 0 aliphatic carbocycles. The lowest BCUT2D eigenvalue weighted by Crippen LogP contribution is -2.32. The van der Waals surface area contributed by atoms with Crippen molar-refractivity contribution in [1.82, 2.24) is 4.90 Å². The molecule has 1 aliphatic rings. The number of methoxy groups -OCH3 is 3. The van der Waals surface area contributed by atoms with Crippen LogP contribution < -0.4 is 14.2 Å². The molecule has 0 spiro atoms. The fraction of sp³-hybridized carbons (Fsp3) is 0.412. The van der Waals surface area contributed by atoms with Crippen LogP contribution in [-0.4, -0.2) is 55.6 Å². The van der Waals surface area contributed by atoms with Crippen LogP contribution in [0.2, 0.25) is 0 Å². The van der Waals surface area contributed by atoms with Gasteiger partial charge in [-0.2, -0.15) is 0 Å². The number of nitrogens with zero attached hydrogens (tertiary/aromatic N) is 1. The van der Waals surface area contributed by atoms with Gasteiger partial charge in [-0.25, -0.2) is 0 Å². The first-order valence-electron chi connectivity index (χ1n) is 7.43. The molecule has 1 amide bonds. The van der Waals surface area contributed by atoms with Crippen molar-refractivity contribution in [2.24, 2.45) is 0 Å². The van der Waals surface area contributed by atoms with Gasteiger partial charge < -0.3 is 24.2 Å². The minimum atomic E-state index is -0.485. The van der Waals surface area contributed by atoms with E-state index in [0.717, 1.165) is 0 Å². The van der Waals surface area contributed by atoms with Crippen molar-refractivity contribution in [3.05, 3.63) is 23.3 Å². The molecule has 1 aliphatic heterocycles. The van der Waals surface area contributed by atoms with Gasteiger partial charge in [0.25, 0.3) is 5.91 Å². The third-order valence-corrected chi connectivity index (χ3v) is 3.87. The number of aliphatic hydroxyl groups excluding tert-OH is 1. The van der Waals surface area contributed by atoms with Crippen LogP contribution >= 0.6 is 0 Å². The Kier molecular flexibility index (Phi) is 5.02. The summed E-state index contributed by atoms with van der Waals surface area (Å²) in [7, 11) is 4.35. The maximum Gasteiger partial charge on any atom is 0.262 e. The minimum absolute atomic E-state index is 0.0414. The Bertz CT molecular complexity index is 682. The van der Waals surface area contributed by atoms with Crippen LogP contribution in [0.3, 0.4) is 0 Å². The van der Waals surface area contributed by atoms with Crippen molar-refractivity contribution in [3.8, 4) is 17.2 Å². The normalized spacial score (nSPS) is 16.7. The van der Waals surface area contributed by atoms with E-state index in [1.807, 2.05) is 13.8 Å². The topological polar surface area (TPSA) is 85.3 Å². The van der Waals surface area contributed by atoms with E-state index in [-0.39, 0.29) is 23.7 Å². The maximum absolute atomic E-state index is 12.4. The monoisotopic (exact) mass is 335 g/mol. The van der Waals surface area contributed by atoms with Gasteiger partial charge >= 0.3 is 0 Å². The summed E-state index contributed by atoms with van der Waals surface area (Å²) in [6.07, 6.45) is 0. The van der Waals surface area contributed by atoms with Gasteiger partial charge in [0.1, 0.15) is 11.3 Å². The number of benzene rings is 1. The number of likely N-dealkylation sites (tertiary alicyclic amines) is 1. The Morgan fingerprint density at radius 3 is 2.00 bits per heavy atom. The molecule has 130 valence electrons. The van der Waals surface area contributed by atoms with E-state index >= 15 is 0 Å². The zero-order valence-electron chi connectivity index (χ0n) is 14.4. The summed E-state index contributed by atoms with van der Waals surface area (Å²) in [4.78, 5) is 26.0. The summed E-state index contributed by atoms with van der Waals surface area (Å²) in [5.41, 5.74) is 0.0183. The van der Waals surface area contributed by atoms with Gasteiger partial charge in [-0.1, -0.05) is 0 Å². The highest BCUT2D eigenvalue weighted by Crippen LogP contribution is 2.40. The number of amides is 1. The van der Waals surface area contributed by atoms with Gasteiger partial charge in [0.2, 0.25) is 5.75 Å². The second-order valence-corrected chi connectivity index (χ2v) is 5.59. The largest absolute Gasteiger partial charge is 0.506 e. The fourth-order valence-corrected chi connectivity index (χ4v) is 2.58. The van der Waals surface area contributed by atoms with E-state index in [1.54, 1.807) is 0 Å². The second-order valence-electron chi connectivity index (χ2n) is 5.59. The molecule has 2 rings (SSSR count). The maximum atomic E-state index is 12.4. The van der Waals surface area contributed by atoms with Gasteiger partial charge in [0.15, 0.2) is 17.3 Å². The minimum Gasteiger partial charge on any atom is -0.506 e. The highest BCUT2D eigenvalue weighted by atomic mass is 16.5. The average Bonchev–Trinajstić information content (AvgIpc) is 2.87. The average molecular weight is 335 g/mol. The van der Waals surface area contributed by atoms with Gasteiger partial charge in [-0.15, -0.1) is 0 Å². The molecule has 1 aromatic rings. The number of carbonyl (C=O) groups is 2. The number of ether oxygens (including phenoxy) is 3. The summed E-state index contributed by atoms with van der Waals surface area (Å²) in [6, 6.07) is 2.84. The second kappa shape index (κ2) is 6.82. The lowest BCUT2D eigenvalue weighted by atomic mass is 10.1. The van der Waals surface area contributed by atoms with Crippen LogP contribution in [0, 0.1) is 0 Å². The lowest BCUT2D eigenvalue weighted by molar-refractivity contribution is -0.126. The Morgan fingerprint density at radius 1 is 1.08 bits per heavy atom. The number of Topliss-reactive ketones (excluding diaryl/α,β-unsaturated/α-hetero) is 1. The third-order valence-electron chi connectivity index (χ3n) is 3.87. The Hall–Kier alpha value is -2.70. The van der Waals surface area contributed by atoms with E-state index in [1.165, 1.54) is 38.4 Å². The molecule has 0 aromatic heterocycles. The molecule has 24 heavy (non-hydrogen) atoms. The lowest BCUT2D eigenvalue weighted by Gasteiger charge is -2.18. The summed E-state index contributed by atoms with van der Waals surface area (Å²) < 4.78 is 15.7. The standard InChI is InChI=1S/C17H21NO6/c1-9(2)18-8-11(19)14(17(18)21)15(20)10-6-12(22-3)16(24-5)13(7-10)23-4/h6-7,9,20H,8H2,1-5H3/b15-14+. The molecule has 0 radical (unpaired) electrons. The van der Waals surface area contributed by atoms with Crippen molar-refractivity contribution in [1.29, 1.82) is 0 Å². The van der Waals surface area contributed by atoms with Crippen LogP contribution in [0.25, 0.3) is 5.76 Å². The predicted octanol–water partition coefficient (Wildman–Crippen LogP) is 1.80. The molecule has 0 saturated carbocycles. The van der Waals surface area contributed by atoms with Crippen molar-refractivity contribution in [2.75, 3.05) is 27.9 Å². The van der Waals surface area contributed by atoms with Crippen molar-refractivity contribution < 1.29 is 28.9 Å². The Balaban J connectivity index is 2.59. The van der Waals surface area contributed by atoms with Crippen LogP contribution in [0.15, 0.2) is 17.7 Å². The quantitative estimate of drug-likeness (QED) is 0.502. The molecule has 7 nitrogen and oxygen atoms in total. The van der Waals surface area contributed by atoms with E-state index < -0.39 is 17.4 Å². The summed E-state index contributed by atoms with van der Waals surface area (Å²) in [5, 5.41) is 10.5. The van der Waals surface area contributed by atoms with Gasteiger partial charge in [-0.3, -0.25) is 9.59 Å². The number of rotatable bonds is 5. The number of hydrogen-bond donors (Lipinski definition) is 1. The molecule has 0 unspecified atom stereocenters. The molecule has 1 heterocycles. The van der Waals surface area contributed by atoms with Crippen LogP contribution in [0.5, 0.6) is 17.2 Å². The molecule has 1 N–H and O–H groups in total. The fourth-order valence-electron chi connectivity index (χ4n) is 2.58. The summed E-state index contributed by atoms with van der Waals surface area (Å²) >= 11 is 0. The first kappa shape index (κ1) is 17.7. The SMILES string of the molecule is COc1cc(/C(O)=C2/C(=O)CN(C(C)C)C2=O)cc(OC)c1OC. The van der Waals surface area contributed by atoms with Gasteiger partial charge in [-0.05, 0) is 26.0 Å². The zero-order valence-corrected chi connectivity index (χ0v) is 14.4. The highest BCUT2D eigenvalue weighted by Gasteiger charge is 2.38. The van der Waals surface area contributed by atoms with Gasteiger partial charge in [0, 0.05) is 11.6 Å². The molecular formula is C17H21NO6. The van der Waals surface area contributed by atoms with Crippen molar-refractivity contribution in [3.63, 3.8) is 0 Å². The van der Waals surface area contributed by atoms with Crippen LogP contribution in [0.1, 0.15) is 19.4 Å². The van der Waals surface area contributed by atoms with Crippen molar-refractivity contribution >= 4 is 17.4 Å². The first-order valence-corrected chi connectivity index (χ1v) is 7.43. The van der Waals surface area contributed by atoms with E-state index in [4.69, 9.17) is 14.2 Å². The van der Waals surface area contributed by atoms with Crippen molar-refractivity contribution in [2.45, 2.75) is 19.9 Å². The van der Waals surface area contributed by atoms with E-state index in [2.05, 4.69) is 0 Å². The van der Waals surface area contributed by atoms with E-state index in [0.29, 0.717) is 17.2 Å². The third kappa shape index (κ3) is 2.89. The van der Waals surface area contributed by atoms with Crippen LogP contribution in [0.4, 0.5) is 0 Å².